The Labute approximate surface area is 219 Å². The van der Waals surface area contributed by atoms with Crippen molar-refractivity contribution in [3.05, 3.63) is 24.2 Å². The van der Waals surface area contributed by atoms with Crippen molar-refractivity contribution in [1.29, 1.82) is 0 Å². The summed E-state index contributed by atoms with van der Waals surface area (Å²) in [5.74, 6) is 0.463. The van der Waals surface area contributed by atoms with E-state index in [2.05, 4.69) is 17.0 Å². The average Bonchev–Trinajstić information content (AvgIpc) is 3.31. The van der Waals surface area contributed by atoms with Crippen molar-refractivity contribution < 1.29 is 18.7 Å². The molecule has 2 rings (SSSR count). The predicted octanol–water partition coefficient (Wildman–Crippen LogP) is 6.99. The molecule has 2 heterocycles. The van der Waals surface area contributed by atoms with Gasteiger partial charge in [0.15, 0.2) is 5.82 Å². The Bertz CT molecular complexity index is 807. The molecule has 0 bridgehead atoms. The van der Waals surface area contributed by atoms with E-state index in [9.17, 15) is 4.89 Å². The number of rotatable bonds is 23. The molecule has 0 aliphatic heterocycles. The Morgan fingerprint density at radius 1 is 0.917 bits per heavy atom. The van der Waals surface area contributed by atoms with Crippen LogP contribution in [0.1, 0.15) is 109 Å². The number of nitrogens with two attached hydrogens (primary N) is 1. The Balaban J connectivity index is 1.42. The summed E-state index contributed by atoms with van der Waals surface area (Å²) in [5.41, 5.74) is 7.72. The van der Waals surface area contributed by atoms with Gasteiger partial charge in [-0.2, -0.15) is 5.10 Å². The third-order valence-corrected chi connectivity index (χ3v) is 7.46. The summed E-state index contributed by atoms with van der Waals surface area (Å²) in [5, 5.41) is 4.27. The van der Waals surface area contributed by atoms with E-state index in [-0.39, 0.29) is 12.7 Å². The highest BCUT2D eigenvalue weighted by Crippen LogP contribution is 2.33. The first-order valence-electron chi connectivity index (χ1n) is 14.0. The van der Waals surface area contributed by atoms with E-state index in [4.69, 9.17) is 19.5 Å². The van der Waals surface area contributed by atoms with Crippen LogP contribution in [0.25, 0.3) is 5.52 Å². The summed E-state index contributed by atoms with van der Waals surface area (Å²) in [6.07, 6.45) is 21.3. The van der Waals surface area contributed by atoms with Crippen LogP contribution in [0.3, 0.4) is 0 Å². The second kappa shape index (κ2) is 19.8. The van der Waals surface area contributed by atoms with Gasteiger partial charge in [-0.05, 0) is 31.4 Å². The minimum atomic E-state index is -1.87. The number of aromatic nitrogens is 3. The van der Waals surface area contributed by atoms with Crippen LogP contribution in [-0.2, 0) is 20.2 Å². The van der Waals surface area contributed by atoms with Gasteiger partial charge in [-0.1, -0.05) is 90.4 Å². The minimum absolute atomic E-state index is 0.142. The Morgan fingerprint density at radius 2 is 1.53 bits per heavy atom. The number of nitrogens with zero attached hydrogens (tertiary/aromatic N) is 3. The lowest BCUT2D eigenvalue weighted by atomic mass is 10.0. The SMILES string of the molecule is CCCCCCCCCCCCCCCCOP(O)OCC(CCc1ccc2c(N)ncnn12)OC. The molecule has 9 heteroatoms. The zero-order valence-corrected chi connectivity index (χ0v) is 23.5. The highest BCUT2D eigenvalue weighted by Gasteiger charge is 2.15. The zero-order chi connectivity index (χ0) is 25.8. The number of hydrogen-bond donors (Lipinski definition) is 2. The molecular formula is C27H49N4O4P. The smallest absolute Gasteiger partial charge is 0.329 e. The van der Waals surface area contributed by atoms with Gasteiger partial charge in [0.25, 0.3) is 0 Å². The Kier molecular flexibility index (Phi) is 17.0. The molecule has 2 atom stereocenters. The van der Waals surface area contributed by atoms with E-state index < -0.39 is 8.60 Å². The summed E-state index contributed by atoms with van der Waals surface area (Å²) < 4.78 is 18.3. The molecule has 206 valence electrons. The first-order chi connectivity index (χ1) is 17.7. The summed E-state index contributed by atoms with van der Waals surface area (Å²) in [6.45, 7) is 3.10. The van der Waals surface area contributed by atoms with Gasteiger partial charge in [-0.15, -0.1) is 0 Å². The van der Waals surface area contributed by atoms with Crippen molar-refractivity contribution in [2.45, 2.75) is 116 Å². The van der Waals surface area contributed by atoms with Crippen molar-refractivity contribution in [2.24, 2.45) is 0 Å². The van der Waals surface area contributed by atoms with Crippen LogP contribution in [0.4, 0.5) is 5.82 Å². The fourth-order valence-electron chi connectivity index (χ4n) is 4.40. The predicted molar refractivity (Wildman–Crippen MR) is 148 cm³/mol. The summed E-state index contributed by atoms with van der Waals surface area (Å²) >= 11 is 0. The number of hydrogen-bond acceptors (Lipinski definition) is 7. The zero-order valence-electron chi connectivity index (χ0n) is 22.6. The van der Waals surface area contributed by atoms with Crippen molar-refractivity contribution in [3.8, 4) is 0 Å². The molecule has 0 aliphatic carbocycles. The van der Waals surface area contributed by atoms with Gasteiger partial charge in [0.05, 0.1) is 19.3 Å². The van der Waals surface area contributed by atoms with E-state index in [0.717, 1.165) is 36.9 Å². The number of anilines is 1. The molecule has 0 saturated carbocycles. The molecule has 2 unspecified atom stereocenters. The normalized spacial score (nSPS) is 13.4. The largest absolute Gasteiger partial charge is 0.382 e. The van der Waals surface area contributed by atoms with Crippen LogP contribution in [0.5, 0.6) is 0 Å². The summed E-state index contributed by atoms with van der Waals surface area (Å²) in [4.78, 5) is 14.1. The third-order valence-electron chi connectivity index (χ3n) is 6.69. The average molecular weight is 525 g/mol. The lowest BCUT2D eigenvalue weighted by molar-refractivity contribution is 0.0440. The molecule has 2 aromatic heterocycles. The van der Waals surface area contributed by atoms with E-state index in [1.807, 2.05) is 12.1 Å². The highest BCUT2D eigenvalue weighted by atomic mass is 31.2. The summed E-state index contributed by atoms with van der Waals surface area (Å²) in [6, 6.07) is 3.91. The quantitative estimate of drug-likeness (QED) is 0.119. The van der Waals surface area contributed by atoms with E-state index in [1.165, 1.54) is 83.4 Å². The molecule has 3 N–H and O–H groups in total. The summed E-state index contributed by atoms with van der Waals surface area (Å²) in [7, 11) is -0.219. The van der Waals surface area contributed by atoms with Crippen LogP contribution >= 0.6 is 8.60 Å². The number of ether oxygens (including phenoxy) is 1. The van der Waals surface area contributed by atoms with Gasteiger partial charge in [0.1, 0.15) is 11.8 Å². The van der Waals surface area contributed by atoms with Crippen molar-refractivity contribution >= 4 is 19.9 Å². The molecule has 0 spiro atoms. The maximum absolute atomic E-state index is 10.1. The molecule has 2 aromatic rings. The van der Waals surface area contributed by atoms with Crippen molar-refractivity contribution in [3.63, 3.8) is 0 Å². The molecular weight excluding hydrogens is 475 g/mol. The molecule has 36 heavy (non-hydrogen) atoms. The fraction of sp³-hybridized carbons (Fsp3) is 0.778. The first-order valence-corrected chi connectivity index (χ1v) is 15.1. The number of fused-ring (bicyclic) bond motifs is 1. The van der Waals surface area contributed by atoms with Gasteiger partial charge in [-0.3, -0.25) is 0 Å². The van der Waals surface area contributed by atoms with Gasteiger partial charge in [0.2, 0.25) is 0 Å². The maximum Gasteiger partial charge on any atom is 0.329 e. The standard InChI is InChI=1S/C27H49N4O4P/c1-3-4-5-6-7-8-9-10-11-12-13-14-15-16-21-34-36(32)35-22-25(33-2)19-17-24-18-20-26-27(28)29-23-30-31(24)26/h18,20,23,25,32H,3-17,19,21-22H2,1-2H3,(H2,28,29,30). The van der Waals surface area contributed by atoms with Crippen molar-refractivity contribution in [1.82, 2.24) is 14.6 Å². The van der Waals surface area contributed by atoms with Gasteiger partial charge in [0, 0.05) is 12.8 Å². The minimum Gasteiger partial charge on any atom is -0.382 e. The van der Waals surface area contributed by atoms with Gasteiger partial charge < -0.3 is 24.4 Å². The van der Waals surface area contributed by atoms with E-state index in [0.29, 0.717) is 12.4 Å². The molecule has 0 aliphatic rings. The number of unbranched alkanes of at least 4 members (excludes halogenated alkanes) is 13. The number of nitrogen functional groups attached to an aromatic ring is 1. The second-order valence-electron chi connectivity index (χ2n) is 9.63. The molecule has 0 amide bonds. The van der Waals surface area contributed by atoms with Crippen LogP contribution in [0, 0.1) is 0 Å². The van der Waals surface area contributed by atoms with Crippen LogP contribution in [-0.4, -0.2) is 45.9 Å². The molecule has 8 nitrogen and oxygen atoms in total. The van der Waals surface area contributed by atoms with Crippen molar-refractivity contribution in [2.75, 3.05) is 26.1 Å². The lowest BCUT2D eigenvalue weighted by Gasteiger charge is -2.17. The fourth-order valence-corrected chi connectivity index (χ4v) is 5.05. The highest BCUT2D eigenvalue weighted by molar-refractivity contribution is 7.40. The van der Waals surface area contributed by atoms with Gasteiger partial charge >= 0.3 is 8.60 Å². The lowest BCUT2D eigenvalue weighted by Crippen LogP contribution is -2.18. The molecule has 0 fully saturated rings. The second-order valence-corrected chi connectivity index (χ2v) is 10.6. The molecule has 0 radical (unpaired) electrons. The Hall–Kier alpha value is -1.31. The molecule has 0 saturated heterocycles. The van der Waals surface area contributed by atoms with E-state index in [1.54, 1.807) is 11.6 Å². The van der Waals surface area contributed by atoms with Crippen LogP contribution in [0.2, 0.25) is 0 Å². The first kappa shape index (κ1) is 30.9. The van der Waals surface area contributed by atoms with E-state index >= 15 is 0 Å². The van der Waals surface area contributed by atoms with Gasteiger partial charge in [-0.25, -0.2) is 9.50 Å². The Morgan fingerprint density at radius 3 is 2.14 bits per heavy atom. The number of methoxy groups -OCH3 is 1. The number of aryl methyl sites for hydroxylation is 1. The topological polar surface area (TPSA) is 104 Å². The van der Waals surface area contributed by atoms with Crippen LogP contribution in [0.15, 0.2) is 18.5 Å². The molecule has 0 aromatic carbocycles. The third kappa shape index (κ3) is 12.8. The van der Waals surface area contributed by atoms with Crippen LogP contribution < -0.4 is 5.73 Å². The monoisotopic (exact) mass is 524 g/mol. The maximum atomic E-state index is 10.1.